The highest BCUT2D eigenvalue weighted by Gasteiger charge is 2.19. The summed E-state index contributed by atoms with van der Waals surface area (Å²) in [6.07, 6.45) is 2.36. The van der Waals surface area contributed by atoms with Crippen molar-refractivity contribution in [1.29, 1.82) is 0 Å². The summed E-state index contributed by atoms with van der Waals surface area (Å²) in [5.74, 6) is 0.647. The Morgan fingerprint density at radius 3 is 2.47 bits per heavy atom. The quantitative estimate of drug-likeness (QED) is 0.835. The molecule has 1 aromatic carbocycles. The molecule has 0 radical (unpaired) electrons. The van der Waals surface area contributed by atoms with Crippen LogP contribution in [0.25, 0.3) is 0 Å². The van der Waals surface area contributed by atoms with Crippen molar-refractivity contribution in [3.8, 4) is 0 Å². The lowest BCUT2D eigenvalue weighted by Gasteiger charge is -2.26. The van der Waals surface area contributed by atoms with Gasteiger partial charge in [0.15, 0.2) is 0 Å². The van der Waals surface area contributed by atoms with Crippen molar-refractivity contribution in [3.63, 3.8) is 0 Å². The van der Waals surface area contributed by atoms with Gasteiger partial charge in [-0.3, -0.25) is 0 Å². The SMILES string of the molecule is CCC(CC)C(NCc1csnn1)c1ccccc1. The van der Waals surface area contributed by atoms with E-state index in [1.54, 1.807) is 0 Å². The average Bonchev–Trinajstić information content (AvgIpc) is 2.97. The second kappa shape index (κ2) is 7.36. The van der Waals surface area contributed by atoms with E-state index in [1.807, 2.05) is 5.38 Å². The number of hydrogen-bond donors (Lipinski definition) is 1. The largest absolute Gasteiger partial charge is 0.304 e. The zero-order valence-corrected chi connectivity index (χ0v) is 12.4. The minimum Gasteiger partial charge on any atom is -0.304 e. The lowest BCUT2D eigenvalue weighted by Crippen LogP contribution is -2.27. The molecule has 0 saturated carbocycles. The Kier molecular flexibility index (Phi) is 5.48. The van der Waals surface area contributed by atoms with Crippen LogP contribution in [0.15, 0.2) is 35.7 Å². The lowest BCUT2D eigenvalue weighted by atomic mass is 9.89. The summed E-state index contributed by atoms with van der Waals surface area (Å²) in [5, 5.41) is 9.75. The van der Waals surface area contributed by atoms with E-state index in [-0.39, 0.29) is 0 Å². The topological polar surface area (TPSA) is 37.8 Å². The molecule has 1 heterocycles. The number of hydrogen-bond acceptors (Lipinski definition) is 4. The molecule has 0 bridgehead atoms. The van der Waals surface area contributed by atoms with E-state index in [0.717, 1.165) is 12.2 Å². The standard InChI is InChI=1S/C15H21N3S/c1-3-12(4-2)15(13-8-6-5-7-9-13)16-10-14-11-19-18-17-14/h5-9,11-12,15-16H,3-4,10H2,1-2H3. The van der Waals surface area contributed by atoms with Gasteiger partial charge in [-0.1, -0.05) is 61.5 Å². The van der Waals surface area contributed by atoms with Crippen LogP contribution in [0.2, 0.25) is 0 Å². The van der Waals surface area contributed by atoms with Crippen LogP contribution in [0.5, 0.6) is 0 Å². The summed E-state index contributed by atoms with van der Waals surface area (Å²) in [4.78, 5) is 0. The molecule has 0 aliphatic carbocycles. The van der Waals surface area contributed by atoms with E-state index < -0.39 is 0 Å². The fourth-order valence-corrected chi connectivity index (χ4v) is 2.90. The Morgan fingerprint density at radius 2 is 1.89 bits per heavy atom. The van der Waals surface area contributed by atoms with Crippen molar-refractivity contribution in [3.05, 3.63) is 47.0 Å². The molecule has 4 heteroatoms. The molecule has 2 aromatic rings. The summed E-state index contributed by atoms with van der Waals surface area (Å²) in [6.45, 7) is 5.30. The van der Waals surface area contributed by atoms with Crippen molar-refractivity contribution in [2.45, 2.75) is 39.3 Å². The third kappa shape index (κ3) is 3.85. The maximum absolute atomic E-state index is 4.10. The van der Waals surface area contributed by atoms with E-state index in [9.17, 15) is 0 Å². The molecular weight excluding hydrogens is 254 g/mol. The van der Waals surface area contributed by atoms with Gasteiger partial charge in [-0.05, 0) is 23.0 Å². The first-order valence-corrected chi connectivity index (χ1v) is 7.73. The lowest BCUT2D eigenvalue weighted by molar-refractivity contribution is 0.338. The van der Waals surface area contributed by atoms with Gasteiger partial charge in [0.1, 0.15) is 0 Å². The average molecular weight is 275 g/mol. The smallest absolute Gasteiger partial charge is 0.0893 e. The normalized spacial score (nSPS) is 12.8. The van der Waals surface area contributed by atoms with Gasteiger partial charge < -0.3 is 5.32 Å². The van der Waals surface area contributed by atoms with Gasteiger partial charge in [0, 0.05) is 18.0 Å². The van der Waals surface area contributed by atoms with Gasteiger partial charge in [0.05, 0.1) is 5.69 Å². The maximum Gasteiger partial charge on any atom is 0.0893 e. The molecule has 1 unspecified atom stereocenters. The number of rotatable bonds is 7. The van der Waals surface area contributed by atoms with E-state index in [4.69, 9.17) is 0 Å². The highest BCUT2D eigenvalue weighted by atomic mass is 32.1. The Hall–Kier alpha value is -1.26. The molecule has 0 fully saturated rings. The predicted octanol–water partition coefficient (Wildman–Crippen LogP) is 3.81. The Bertz CT molecular complexity index is 452. The van der Waals surface area contributed by atoms with Crippen LogP contribution in [0.3, 0.4) is 0 Å². The van der Waals surface area contributed by atoms with E-state index >= 15 is 0 Å². The van der Waals surface area contributed by atoms with Gasteiger partial charge >= 0.3 is 0 Å². The van der Waals surface area contributed by atoms with Crippen molar-refractivity contribution >= 4 is 11.5 Å². The van der Waals surface area contributed by atoms with Crippen molar-refractivity contribution in [2.24, 2.45) is 5.92 Å². The molecule has 0 amide bonds. The van der Waals surface area contributed by atoms with Crippen LogP contribution in [0.1, 0.15) is 44.0 Å². The van der Waals surface area contributed by atoms with Crippen LogP contribution in [0, 0.1) is 5.92 Å². The van der Waals surface area contributed by atoms with Crippen LogP contribution < -0.4 is 5.32 Å². The van der Waals surface area contributed by atoms with Crippen molar-refractivity contribution < 1.29 is 0 Å². The second-order valence-corrected chi connectivity index (χ2v) is 5.35. The predicted molar refractivity (Wildman–Crippen MR) is 80.0 cm³/mol. The molecule has 19 heavy (non-hydrogen) atoms. The molecule has 102 valence electrons. The van der Waals surface area contributed by atoms with Gasteiger partial charge in [-0.15, -0.1) is 5.10 Å². The minimum absolute atomic E-state index is 0.387. The molecule has 0 aliphatic rings. The minimum atomic E-state index is 0.387. The van der Waals surface area contributed by atoms with Crippen LogP contribution in [0.4, 0.5) is 0 Å². The van der Waals surface area contributed by atoms with Crippen molar-refractivity contribution in [2.75, 3.05) is 0 Å². The monoisotopic (exact) mass is 275 g/mol. The molecular formula is C15H21N3S. The summed E-state index contributed by atoms with van der Waals surface area (Å²) in [7, 11) is 0. The third-order valence-electron chi connectivity index (χ3n) is 3.59. The fraction of sp³-hybridized carbons (Fsp3) is 0.467. The molecule has 1 N–H and O–H groups in total. The zero-order chi connectivity index (χ0) is 13.5. The number of benzene rings is 1. The molecule has 0 saturated heterocycles. The van der Waals surface area contributed by atoms with Gasteiger partial charge in [-0.2, -0.15) is 0 Å². The van der Waals surface area contributed by atoms with Crippen LogP contribution in [-0.4, -0.2) is 9.59 Å². The number of aromatic nitrogens is 2. The van der Waals surface area contributed by atoms with Crippen molar-refractivity contribution in [1.82, 2.24) is 14.9 Å². The number of nitrogens with one attached hydrogen (secondary N) is 1. The molecule has 2 rings (SSSR count). The Balaban J connectivity index is 2.10. The third-order valence-corrected chi connectivity index (χ3v) is 4.14. The highest BCUT2D eigenvalue weighted by Crippen LogP contribution is 2.27. The summed E-state index contributed by atoms with van der Waals surface area (Å²) in [6, 6.07) is 11.1. The molecule has 0 spiro atoms. The summed E-state index contributed by atoms with van der Waals surface area (Å²) >= 11 is 1.41. The van der Waals surface area contributed by atoms with Crippen LogP contribution in [-0.2, 0) is 6.54 Å². The molecule has 1 atom stereocenters. The van der Waals surface area contributed by atoms with Gasteiger partial charge in [0.2, 0.25) is 0 Å². The molecule has 3 nitrogen and oxygen atoms in total. The first-order chi connectivity index (χ1) is 9.35. The van der Waals surface area contributed by atoms with E-state index in [1.165, 1.54) is 29.9 Å². The zero-order valence-electron chi connectivity index (χ0n) is 11.5. The highest BCUT2D eigenvalue weighted by molar-refractivity contribution is 7.03. The molecule has 1 aromatic heterocycles. The first kappa shape index (κ1) is 14.2. The Labute approximate surface area is 119 Å². The van der Waals surface area contributed by atoms with Gasteiger partial charge in [0.25, 0.3) is 0 Å². The first-order valence-electron chi connectivity index (χ1n) is 6.89. The fourth-order valence-electron chi connectivity index (χ4n) is 2.45. The molecule has 0 aliphatic heterocycles. The van der Waals surface area contributed by atoms with E-state index in [2.05, 4.69) is 59.1 Å². The second-order valence-electron chi connectivity index (χ2n) is 4.74. The van der Waals surface area contributed by atoms with Crippen LogP contribution >= 0.6 is 11.5 Å². The number of nitrogens with zero attached hydrogens (tertiary/aromatic N) is 2. The summed E-state index contributed by atoms with van der Waals surface area (Å²) in [5.41, 5.74) is 2.39. The Morgan fingerprint density at radius 1 is 1.16 bits per heavy atom. The summed E-state index contributed by atoms with van der Waals surface area (Å²) < 4.78 is 3.91. The maximum atomic E-state index is 4.10. The van der Waals surface area contributed by atoms with E-state index in [0.29, 0.717) is 12.0 Å². The van der Waals surface area contributed by atoms with Gasteiger partial charge in [-0.25, -0.2) is 0 Å².